The lowest BCUT2D eigenvalue weighted by Crippen LogP contribution is -2.57. The van der Waals surface area contributed by atoms with Crippen molar-refractivity contribution in [2.24, 2.45) is 5.92 Å². The number of nitrogens with zero attached hydrogens (tertiary/aromatic N) is 2. The molecule has 6 nitrogen and oxygen atoms in total. The van der Waals surface area contributed by atoms with E-state index >= 15 is 0 Å². The average molecular weight is 355 g/mol. The molecule has 2 aromatic rings. The maximum atomic E-state index is 13.0. The molecule has 1 aromatic heterocycles. The van der Waals surface area contributed by atoms with E-state index in [0.29, 0.717) is 22.6 Å². The van der Waals surface area contributed by atoms with Gasteiger partial charge in [-0.2, -0.15) is 0 Å². The number of ether oxygens (including phenoxy) is 1. The topological polar surface area (TPSA) is 67.6 Å². The smallest absolute Gasteiger partial charge is 0.253 e. The monoisotopic (exact) mass is 355 g/mol. The Kier molecular flexibility index (Phi) is 4.17. The molecular formula is C20H25N3O3. The summed E-state index contributed by atoms with van der Waals surface area (Å²) in [5.74, 6) is 1.61. The van der Waals surface area contributed by atoms with Gasteiger partial charge in [0.2, 0.25) is 0 Å². The zero-order chi connectivity index (χ0) is 17.5. The highest BCUT2D eigenvalue weighted by atomic mass is 16.5. The largest absolute Gasteiger partial charge is 0.440 e. The van der Waals surface area contributed by atoms with E-state index in [9.17, 15) is 4.79 Å². The first-order valence-corrected chi connectivity index (χ1v) is 9.78. The standard InChI is InChI=1S/C20H25N3O3/c24-19(21-16-12-23-8-4-13(16)5-9-23)15-2-1-3-17-18(15)22-20(26-17)14-6-10-25-11-7-14/h1-3,13-14,16H,4-12H2,(H,21,24). The van der Waals surface area contributed by atoms with Crippen molar-refractivity contribution < 1.29 is 13.9 Å². The fourth-order valence-corrected chi connectivity index (χ4v) is 4.64. The summed E-state index contributed by atoms with van der Waals surface area (Å²) >= 11 is 0. The quantitative estimate of drug-likeness (QED) is 0.916. The van der Waals surface area contributed by atoms with Crippen molar-refractivity contribution in [2.75, 3.05) is 32.8 Å². The van der Waals surface area contributed by atoms with Gasteiger partial charge in [-0.15, -0.1) is 0 Å². The van der Waals surface area contributed by atoms with Crippen molar-refractivity contribution in [3.05, 3.63) is 29.7 Å². The fraction of sp³-hybridized carbons (Fsp3) is 0.600. The summed E-state index contributed by atoms with van der Waals surface area (Å²) in [6.07, 6.45) is 4.22. The van der Waals surface area contributed by atoms with Crippen LogP contribution in [-0.2, 0) is 4.74 Å². The van der Waals surface area contributed by atoms with E-state index in [1.807, 2.05) is 18.2 Å². The summed E-state index contributed by atoms with van der Waals surface area (Å²) in [7, 11) is 0. The van der Waals surface area contributed by atoms with E-state index in [1.54, 1.807) is 0 Å². The Morgan fingerprint density at radius 2 is 1.96 bits per heavy atom. The highest BCUT2D eigenvalue weighted by molar-refractivity contribution is 6.04. The molecule has 4 fully saturated rings. The second kappa shape index (κ2) is 6.67. The van der Waals surface area contributed by atoms with Gasteiger partial charge in [-0.3, -0.25) is 4.79 Å². The maximum Gasteiger partial charge on any atom is 0.253 e. The van der Waals surface area contributed by atoms with E-state index in [2.05, 4.69) is 10.2 Å². The van der Waals surface area contributed by atoms with Crippen LogP contribution in [0.5, 0.6) is 0 Å². The summed E-state index contributed by atoms with van der Waals surface area (Å²) in [5, 5.41) is 3.27. The molecular weight excluding hydrogens is 330 g/mol. The normalized spacial score (nSPS) is 29.2. The summed E-state index contributed by atoms with van der Waals surface area (Å²) < 4.78 is 11.4. The zero-order valence-corrected chi connectivity index (χ0v) is 14.9. The molecule has 0 radical (unpaired) electrons. The van der Waals surface area contributed by atoms with E-state index in [-0.39, 0.29) is 17.9 Å². The fourth-order valence-electron chi connectivity index (χ4n) is 4.64. The number of hydrogen-bond donors (Lipinski definition) is 1. The number of nitrogens with one attached hydrogen (secondary N) is 1. The third-order valence-corrected chi connectivity index (χ3v) is 6.22. The van der Waals surface area contributed by atoms with Gasteiger partial charge in [0, 0.05) is 31.7 Å². The van der Waals surface area contributed by atoms with Crippen LogP contribution in [0, 0.1) is 5.92 Å². The Morgan fingerprint density at radius 3 is 2.69 bits per heavy atom. The van der Waals surface area contributed by atoms with Gasteiger partial charge in [0.1, 0.15) is 5.52 Å². The van der Waals surface area contributed by atoms with Crippen molar-refractivity contribution in [1.82, 2.24) is 15.2 Å². The first kappa shape index (κ1) is 16.3. The third-order valence-electron chi connectivity index (χ3n) is 6.22. The van der Waals surface area contributed by atoms with Crippen LogP contribution in [-0.4, -0.2) is 54.7 Å². The van der Waals surface area contributed by atoms with E-state index in [0.717, 1.165) is 38.5 Å². The Morgan fingerprint density at radius 1 is 1.15 bits per heavy atom. The molecule has 6 rings (SSSR count). The minimum atomic E-state index is -0.0267. The van der Waals surface area contributed by atoms with Crippen LogP contribution in [0.1, 0.15) is 47.8 Å². The molecule has 0 spiro atoms. The molecule has 5 heterocycles. The average Bonchev–Trinajstić information content (AvgIpc) is 3.14. The van der Waals surface area contributed by atoms with Crippen LogP contribution in [0.15, 0.2) is 22.6 Å². The number of para-hydroxylation sites is 1. The van der Waals surface area contributed by atoms with Gasteiger partial charge in [-0.05, 0) is 56.8 Å². The third kappa shape index (κ3) is 2.91. The molecule has 0 aliphatic carbocycles. The summed E-state index contributed by atoms with van der Waals surface area (Å²) in [4.78, 5) is 20.1. The first-order chi connectivity index (χ1) is 12.8. The summed E-state index contributed by atoms with van der Waals surface area (Å²) in [6, 6.07) is 5.89. The van der Waals surface area contributed by atoms with Gasteiger partial charge < -0.3 is 19.4 Å². The van der Waals surface area contributed by atoms with Crippen LogP contribution in [0.3, 0.4) is 0 Å². The number of hydrogen-bond acceptors (Lipinski definition) is 5. The van der Waals surface area contributed by atoms with E-state index in [4.69, 9.17) is 14.1 Å². The summed E-state index contributed by atoms with van der Waals surface area (Å²) in [6.45, 7) is 4.81. The zero-order valence-electron chi connectivity index (χ0n) is 14.9. The highest BCUT2D eigenvalue weighted by Gasteiger charge is 2.35. The number of aromatic nitrogens is 1. The molecule has 1 N–H and O–H groups in total. The SMILES string of the molecule is O=C(NC1CN2CCC1CC2)c1cccc2oc(C3CCOCC3)nc12. The van der Waals surface area contributed by atoms with Gasteiger partial charge >= 0.3 is 0 Å². The predicted molar refractivity (Wildman–Crippen MR) is 97.2 cm³/mol. The lowest BCUT2D eigenvalue weighted by atomic mass is 9.84. The van der Waals surface area contributed by atoms with Gasteiger partial charge in [0.15, 0.2) is 11.5 Å². The maximum absolute atomic E-state index is 13.0. The van der Waals surface area contributed by atoms with Crippen molar-refractivity contribution in [3.8, 4) is 0 Å². The molecule has 138 valence electrons. The number of amides is 1. The minimum Gasteiger partial charge on any atom is -0.440 e. The predicted octanol–water partition coefficient (Wildman–Crippen LogP) is 2.55. The molecule has 4 aliphatic heterocycles. The van der Waals surface area contributed by atoms with Crippen LogP contribution < -0.4 is 5.32 Å². The number of carbonyl (C=O) groups is 1. The van der Waals surface area contributed by atoms with Crippen LogP contribution in [0.4, 0.5) is 0 Å². The molecule has 4 saturated heterocycles. The molecule has 1 amide bonds. The molecule has 2 bridgehead atoms. The van der Waals surface area contributed by atoms with Gasteiger partial charge in [0.25, 0.3) is 5.91 Å². The Labute approximate surface area is 152 Å². The highest BCUT2D eigenvalue weighted by Crippen LogP contribution is 2.31. The number of piperidine rings is 3. The number of benzene rings is 1. The van der Waals surface area contributed by atoms with Gasteiger partial charge in [0.05, 0.1) is 5.56 Å². The molecule has 0 saturated carbocycles. The van der Waals surface area contributed by atoms with Crippen LogP contribution in [0.2, 0.25) is 0 Å². The number of rotatable bonds is 3. The van der Waals surface area contributed by atoms with Crippen molar-refractivity contribution in [1.29, 1.82) is 0 Å². The molecule has 1 aromatic carbocycles. The van der Waals surface area contributed by atoms with Crippen LogP contribution >= 0.6 is 0 Å². The second-order valence-electron chi connectivity index (χ2n) is 7.81. The van der Waals surface area contributed by atoms with Gasteiger partial charge in [-0.25, -0.2) is 4.98 Å². The Balaban J connectivity index is 1.39. The molecule has 26 heavy (non-hydrogen) atoms. The summed E-state index contributed by atoms with van der Waals surface area (Å²) in [5.41, 5.74) is 2.02. The number of carbonyl (C=O) groups excluding carboxylic acids is 1. The Bertz CT molecular complexity index is 804. The van der Waals surface area contributed by atoms with Crippen molar-refractivity contribution in [2.45, 2.75) is 37.6 Å². The molecule has 4 aliphatic rings. The van der Waals surface area contributed by atoms with Crippen molar-refractivity contribution >= 4 is 17.0 Å². The lowest BCUT2D eigenvalue weighted by molar-refractivity contribution is 0.0621. The number of oxazole rings is 1. The van der Waals surface area contributed by atoms with Gasteiger partial charge in [-0.1, -0.05) is 6.07 Å². The molecule has 1 unspecified atom stereocenters. The Hall–Kier alpha value is -1.92. The van der Waals surface area contributed by atoms with Crippen LogP contribution in [0.25, 0.3) is 11.1 Å². The van der Waals surface area contributed by atoms with E-state index in [1.165, 1.54) is 25.9 Å². The van der Waals surface area contributed by atoms with E-state index < -0.39 is 0 Å². The molecule has 6 heteroatoms. The minimum absolute atomic E-state index is 0.0267. The first-order valence-electron chi connectivity index (χ1n) is 9.78. The van der Waals surface area contributed by atoms with Crippen molar-refractivity contribution in [3.63, 3.8) is 0 Å². The lowest BCUT2D eigenvalue weighted by Gasteiger charge is -2.44. The second-order valence-corrected chi connectivity index (χ2v) is 7.81. The molecule has 1 atom stereocenters. The number of fused-ring (bicyclic) bond motifs is 4.